The van der Waals surface area contributed by atoms with Crippen LogP contribution in [0.25, 0.3) is 0 Å². The van der Waals surface area contributed by atoms with Gasteiger partial charge in [-0.3, -0.25) is 0 Å². The fourth-order valence-electron chi connectivity index (χ4n) is 3.13. The molecule has 0 aliphatic carbocycles. The van der Waals surface area contributed by atoms with Crippen LogP contribution in [0.5, 0.6) is 0 Å². The van der Waals surface area contributed by atoms with Crippen molar-refractivity contribution in [2.75, 3.05) is 24.7 Å². The lowest BCUT2D eigenvalue weighted by atomic mass is 9.87. The summed E-state index contributed by atoms with van der Waals surface area (Å²) in [6.07, 6.45) is 4.50. The van der Waals surface area contributed by atoms with Crippen LogP contribution in [0.3, 0.4) is 0 Å². The molecule has 1 aromatic rings. The van der Waals surface area contributed by atoms with Crippen LogP contribution >= 0.6 is 11.8 Å². The molecule has 2 atom stereocenters. The molecule has 0 saturated carbocycles. The van der Waals surface area contributed by atoms with Gasteiger partial charge >= 0.3 is 6.03 Å². The third-order valence-electron chi connectivity index (χ3n) is 4.24. The Morgan fingerprint density at radius 1 is 1.39 bits per heavy atom. The molecule has 0 unspecified atom stereocenters. The molecule has 2 N–H and O–H groups in total. The van der Waals surface area contributed by atoms with Gasteiger partial charge < -0.3 is 15.4 Å². The number of urea groups is 1. The summed E-state index contributed by atoms with van der Waals surface area (Å²) in [5.74, 6) is 1.77. The summed E-state index contributed by atoms with van der Waals surface area (Å²) in [6, 6.07) is 7.82. The number of nitrogens with one attached hydrogen (secondary N) is 2. The number of rotatable bonds is 6. The number of ether oxygens (including phenoxy) is 1. The normalized spacial score (nSPS) is 21.2. The summed E-state index contributed by atoms with van der Waals surface area (Å²) >= 11 is 1.75. The number of para-hydroxylation sites is 1. The van der Waals surface area contributed by atoms with Gasteiger partial charge in [0, 0.05) is 30.5 Å². The fraction of sp³-hybridized carbons (Fsp3) is 0.611. The second kappa shape index (κ2) is 9.18. The average Bonchev–Trinajstić information content (AvgIpc) is 2.55. The van der Waals surface area contributed by atoms with Crippen molar-refractivity contribution in [1.82, 2.24) is 5.32 Å². The van der Waals surface area contributed by atoms with E-state index in [1.165, 1.54) is 0 Å². The number of carbonyl (C=O) groups is 1. The van der Waals surface area contributed by atoms with Crippen LogP contribution in [-0.2, 0) is 10.5 Å². The third-order valence-corrected chi connectivity index (χ3v) is 4.84. The fourth-order valence-corrected chi connectivity index (χ4v) is 3.70. The molecule has 0 radical (unpaired) electrons. The maximum atomic E-state index is 12.2. The van der Waals surface area contributed by atoms with Crippen LogP contribution in [0.1, 0.15) is 32.3 Å². The first kappa shape index (κ1) is 18.1. The Labute approximate surface area is 143 Å². The summed E-state index contributed by atoms with van der Waals surface area (Å²) < 4.78 is 5.88. The first-order chi connectivity index (χ1) is 11.1. The Hall–Kier alpha value is -1.20. The molecule has 0 bridgehead atoms. The summed E-state index contributed by atoms with van der Waals surface area (Å²) in [5.41, 5.74) is 2.04. The number of hydrogen-bond acceptors (Lipinski definition) is 3. The van der Waals surface area contributed by atoms with Crippen molar-refractivity contribution in [2.24, 2.45) is 11.8 Å². The molecule has 4 nitrogen and oxygen atoms in total. The lowest BCUT2D eigenvalue weighted by Crippen LogP contribution is -2.42. The van der Waals surface area contributed by atoms with Crippen molar-refractivity contribution >= 4 is 23.5 Å². The average molecular weight is 337 g/mol. The molecule has 2 rings (SSSR count). The summed E-state index contributed by atoms with van der Waals surface area (Å²) in [7, 11) is 0. The molecule has 1 fully saturated rings. The number of thioether (sulfide) groups is 1. The van der Waals surface area contributed by atoms with Gasteiger partial charge in [0.15, 0.2) is 0 Å². The van der Waals surface area contributed by atoms with Gasteiger partial charge in [-0.1, -0.05) is 32.0 Å². The molecule has 1 aliphatic heterocycles. The highest BCUT2D eigenvalue weighted by Crippen LogP contribution is 2.26. The number of carbonyl (C=O) groups excluding carboxylic acids is 1. The molecule has 1 saturated heterocycles. The Morgan fingerprint density at radius 3 is 2.91 bits per heavy atom. The van der Waals surface area contributed by atoms with E-state index in [4.69, 9.17) is 4.74 Å². The largest absolute Gasteiger partial charge is 0.378 e. The van der Waals surface area contributed by atoms with E-state index in [0.717, 1.165) is 36.5 Å². The molecule has 23 heavy (non-hydrogen) atoms. The number of benzene rings is 1. The minimum absolute atomic E-state index is 0.133. The van der Waals surface area contributed by atoms with E-state index in [1.54, 1.807) is 11.8 Å². The molecule has 1 aliphatic rings. The highest BCUT2D eigenvalue weighted by molar-refractivity contribution is 7.97. The van der Waals surface area contributed by atoms with Gasteiger partial charge in [-0.05, 0) is 36.6 Å². The molecule has 5 heteroatoms. The minimum atomic E-state index is -0.133. The van der Waals surface area contributed by atoms with Gasteiger partial charge in [-0.15, -0.1) is 0 Å². The van der Waals surface area contributed by atoms with Crippen molar-refractivity contribution in [2.45, 2.75) is 38.5 Å². The van der Waals surface area contributed by atoms with Crippen molar-refractivity contribution < 1.29 is 9.53 Å². The Bertz CT molecular complexity index is 508. The monoisotopic (exact) mass is 336 g/mol. The number of amides is 2. The van der Waals surface area contributed by atoms with E-state index in [-0.39, 0.29) is 12.1 Å². The van der Waals surface area contributed by atoms with Crippen molar-refractivity contribution in [3.8, 4) is 0 Å². The van der Waals surface area contributed by atoms with E-state index < -0.39 is 0 Å². The van der Waals surface area contributed by atoms with Gasteiger partial charge in [-0.2, -0.15) is 11.8 Å². The van der Waals surface area contributed by atoms with Crippen LogP contribution in [0, 0.1) is 11.8 Å². The Balaban J connectivity index is 1.87. The van der Waals surface area contributed by atoms with Crippen LogP contribution in [-0.4, -0.2) is 31.5 Å². The van der Waals surface area contributed by atoms with E-state index in [2.05, 4.69) is 36.8 Å². The van der Waals surface area contributed by atoms with Crippen LogP contribution < -0.4 is 10.6 Å². The zero-order chi connectivity index (χ0) is 16.7. The Kier molecular flexibility index (Phi) is 7.24. The lowest BCUT2D eigenvalue weighted by molar-refractivity contribution is -0.0507. The number of anilines is 1. The van der Waals surface area contributed by atoms with Crippen molar-refractivity contribution in [3.63, 3.8) is 0 Å². The first-order valence-electron chi connectivity index (χ1n) is 8.35. The summed E-state index contributed by atoms with van der Waals surface area (Å²) in [6.45, 7) is 5.87. The zero-order valence-electron chi connectivity index (χ0n) is 14.3. The van der Waals surface area contributed by atoms with Crippen molar-refractivity contribution in [3.05, 3.63) is 29.8 Å². The molecule has 0 aromatic heterocycles. The van der Waals surface area contributed by atoms with Gasteiger partial charge in [-0.25, -0.2) is 4.79 Å². The van der Waals surface area contributed by atoms with Gasteiger partial charge in [0.05, 0.1) is 6.10 Å². The molecule has 1 aromatic carbocycles. The second-order valence-electron chi connectivity index (χ2n) is 6.41. The van der Waals surface area contributed by atoms with E-state index in [1.807, 2.05) is 18.2 Å². The molecular weight excluding hydrogens is 308 g/mol. The highest BCUT2D eigenvalue weighted by atomic mass is 32.2. The summed E-state index contributed by atoms with van der Waals surface area (Å²) in [5, 5.41) is 5.99. The van der Waals surface area contributed by atoms with Crippen molar-refractivity contribution in [1.29, 1.82) is 0 Å². The molecular formula is C18H28N2O2S. The second-order valence-corrected chi connectivity index (χ2v) is 7.27. The quantitative estimate of drug-likeness (QED) is 0.821. The maximum absolute atomic E-state index is 12.2. The van der Waals surface area contributed by atoms with Crippen LogP contribution in [0.2, 0.25) is 0 Å². The Morgan fingerprint density at radius 2 is 2.17 bits per heavy atom. The van der Waals surface area contributed by atoms with Gasteiger partial charge in [0.25, 0.3) is 0 Å². The maximum Gasteiger partial charge on any atom is 0.319 e. The van der Waals surface area contributed by atoms with Crippen LogP contribution in [0.15, 0.2) is 24.3 Å². The standard InChI is InChI=1S/C18H28N2O2S/c1-13(2)17-14(8-6-10-22-17)11-19-18(21)20-16-9-5-4-7-15(16)12-23-3/h4-5,7,9,13-14,17H,6,8,10-12H2,1-3H3,(H2,19,20,21)/t14-,17-/m1/s1. The third kappa shape index (κ3) is 5.43. The summed E-state index contributed by atoms with van der Waals surface area (Å²) in [4.78, 5) is 12.2. The zero-order valence-corrected chi connectivity index (χ0v) is 15.1. The van der Waals surface area contributed by atoms with E-state index in [0.29, 0.717) is 18.4 Å². The predicted molar refractivity (Wildman–Crippen MR) is 98.0 cm³/mol. The SMILES string of the molecule is CSCc1ccccc1NC(=O)NC[C@H]1CCCO[C@@H]1C(C)C. The minimum Gasteiger partial charge on any atom is -0.378 e. The smallest absolute Gasteiger partial charge is 0.319 e. The highest BCUT2D eigenvalue weighted by Gasteiger charge is 2.28. The van der Waals surface area contributed by atoms with Crippen LogP contribution in [0.4, 0.5) is 10.5 Å². The predicted octanol–water partition coefficient (Wildman–Crippen LogP) is 4.12. The first-order valence-corrected chi connectivity index (χ1v) is 9.74. The topological polar surface area (TPSA) is 50.4 Å². The van der Waals surface area contributed by atoms with Gasteiger partial charge in [0.1, 0.15) is 0 Å². The lowest BCUT2D eigenvalue weighted by Gasteiger charge is -2.34. The molecule has 2 amide bonds. The molecule has 0 spiro atoms. The van der Waals surface area contributed by atoms with E-state index in [9.17, 15) is 4.79 Å². The number of hydrogen-bond donors (Lipinski definition) is 2. The van der Waals surface area contributed by atoms with Gasteiger partial charge in [0.2, 0.25) is 0 Å². The molecule has 1 heterocycles. The van der Waals surface area contributed by atoms with E-state index >= 15 is 0 Å². The molecule has 128 valence electrons.